The maximum atomic E-state index is 13.0. The summed E-state index contributed by atoms with van der Waals surface area (Å²) in [5, 5.41) is 0. The van der Waals surface area contributed by atoms with Gasteiger partial charge in [0.05, 0.1) is 24.3 Å². The Morgan fingerprint density at radius 2 is 1.51 bits per heavy atom. The highest BCUT2D eigenvalue weighted by Gasteiger charge is 2.35. The number of likely N-dealkylation sites (N-methyl/N-ethyl adjacent to an activating group) is 1. The molecule has 1 aliphatic heterocycles. The predicted octanol–water partition coefficient (Wildman–Crippen LogP) is 6.77. The Kier molecular flexibility index (Phi) is 10.2. The summed E-state index contributed by atoms with van der Waals surface area (Å²) in [6, 6.07) is 12.3. The molecule has 43 heavy (non-hydrogen) atoms. The lowest BCUT2D eigenvalue weighted by Gasteiger charge is -2.23. The number of esters is 1. The first-order chi connectivity index (χ1) is 20.7. The van der Waals surface area contributed by atoms with Crippen LogP contribution in [0.5, 0.6) is 5.75 Å². The van der Waals surface area contributed by atoms with Crippen molar-refractivity contribution in [2.75, 3.05) is 20.2 Å². The molecular weight excluding hydrogens is 561 g/mol. The summed E-state index contributed by atoms with van der Waals surface area (Å²) in [7, 11) is 1.73. The van der Waals surface area contributed by atoms with Gasteiger partial charge < -0.3 is 24.0 Å². The Balaban J connectivity index is 1.09. The number of urea groups is 1. The van der Waals surface area contributed by atoms with E-state index in [9.17, 15) is 22.8 Å². The summed E-state index contributed by atoms with van der Waals surface area (Å²) >= 11 is 0. The third-order valence-corrected chi connectivity index (χ3v) is 8.78. The Bertz CT molecular complexity index is 1210. The molecule has 0 spiro atoms. The van der Waals surface area contributed by atoms with Crippen LogP contribution in [0.25, 0.3) is 0 Å². The van der Waals surface area contributed by atoms with Gasteiger partial charge in [0, 0.05) is 33.0 Å². The lowest BCUT2D eigenvalue weighted by Crippen LogP contribution is -2.34. The molecule has 0 aromatic heterocycles. The van der Waals surface area contributed by atoms with Crippen molar-refractivity contribution in [3.63, 3.8) is 0 Å². The monoisotopic (exact) mass is 602 g/mol. The van der Waals surface area contributed by atoms with E-state index in [-0.39, 0.29) is 36.8 Å². The Labute approximate surface area is 251 Å². The highest BCUT2D eigenvalue weighted by Crippen LogP contribution is 2.30. The third kappa shape index (κ3) is 8.43. The highest BCUT2D eigenvalue weighted by atomic mass is 19.4. The van der Waals surface area contributed by atoms with Crippen molar-refractivity contribution in [2.45, 2.75) is 101 Å². The van der Waals surface area contributed by atoms with E-state index in [1.165, 1.54) is 12.1 Å². The molecule has 2 aliphatic carbocycles. The number of ether oxygens (including phenoxy) is 3. The van der Waals surface area contributed by atoms with Gasteiger partial charge in [0.25, 0.3) is 0 Å². The first-order valence-electron chi connectivity index (χ1n) is 15.4. The van der Waals surface area contributed by atoms with Crippen LogP contribution in [0.15, 0.2) is 48.5 Å². The molecule has 234 valence electrons. The molecule has 1 heterocycles. The maximum absolute atomic E-state index is 13.0. The minimum absolute atomic E-state index is 0.00375. The van der Waals surface area contributed by atoms with Gasteiger partial charge in [-0.1, -0.05) is 37.1 Å². The molecular formula is C33H41F3N2O5. The number of hydrogen-bond donors (Lipinski definition) is 0. The number of carbonyl (C=O) groups is 2. The third-order valence-electron chi connectivity index (χ3n) is 8.78. The lowest BCUT2D eigenvalue weighted by molar-refractivity contribution is -0.166. The van der Waals surface area contributed by atoms with E-state index in [4.69, 9.17) is 14.2 Å². The van der Waals surface area contributed by atoms with Crippen molar-refractivity contribution in [1.82, 2.24) is 9.80 Å². The molecule has 2 atom stereocenters. The second-order valence-corrected chi connectivity index (χ2v) is 12.0. The number of benzene rings is 2. The number of hydrogen-bond acceptors (Lipinski definition) is 5. The maximum Gasteiger partial charge on any atom is 0.416 e. The summed E-state index contributed by atoms with van der Waals surface area (Å²) < 4.78 is 56.6. The zero-order chi connectivity index (χ0) is 30.4. The largest absolute Gasteiger partial charge is 0.494 e. The summed E-state index contributed by atoms with van der Waals surface area (Å²) in [6.07, 6.45) is 4.44. The van der Waals surface area contributed by atoms with Crippen LogP contribution in [0.3, 0.4) is 0 Å². The average Bonchev–Trinajstić information content (AvgIpc) is 3.74. The van der Waals surface area contributed by atoms with Crippen LogP contribution in [0.4, 0.5) is 18.0 Å². The number of halogens is 3. The van der Waals surface area contributed by atoms with Crippen molar-refractivity contribution >= 4 is 12.0 Å². The molecule has 0 radical (unpaired) electrons. The molecule has 1 saturated heterocycles. The second-order valence-electron chi connectivity index (χ2n) is 12.0. The number of alkyl halides is 3. The topological polar surface area (TPSA) is 68.3 Å². The Morgan fingerprint density at radius 1 is 0.907 bits per heavy atom. The van der Waals surface area contributed by atoms with E-state index >= 15 is 0 Å². The van der Waals surface area contributed by atoms with Gasteiger partial charge in [-0.15, -0.1) is 0 Å². The number of amides is 2. The fourth-order valence-corrected chi connectivity index (χ4v) is 6.21. The molecule has 0 N–H and O–H groups in total. The van der Waals surface area contributed by atoms with Crippen molar-refractivity contribution in [1.29, 1.82) is 0 Å². The summed E-state index contributed by atoms with van der Waals surface area (Å²) in [5.41, 5.74) is 0.913. The van der Waals surface area contributed by atoms with Crippen molar-refractivity contribution in [3.05, 3.63) is 65.2 Å². The van der Waals surface area contributed by atoms with Crippen LogP contribution >= 0.6 is 0 Å². The van der Waals surface area contributed by atoms with Gasteiger partial charge in [-0.05, 0) is 73.9 Å². The van der Waals surface area contributed by atoms with Gasteiger partial charge in [-0.3, -0.25) is 0 Å². The van der Waals surface area contributed by atoms with Gasteiger partial charge in [0.1, 0.15) is 11.9 Å². The highest BCUT2D eigenvalue weighted by molar-refractivity contribution is 5.77. The van der Waals surface area contributed by atoms with Crippen LogP contribution in [0, 0.1) is 0 Å². The van der Waals surface area contributed by atoms with E-state index in [1.807, 2.05) is 24.3 Å². The molecule has 2 aromatic carbocycles. The van der Waals surface area contributed by atoms with Crippen LogP contribution in [-0.2, 0) is 33.4 Å². The SMILES string of the molecule is CN1C(=O)N(Cc2ccc(C(F)(F)F)cc2)CC1CCOc1ccc(CC(OC2CCCC2)C(=O)OC2CCCC2)cc1. The molecule has 2 amide bonds. The first-order valence-corrected chi connectivity index (χ1v) is 15.4. The van der Waals surface area contributed by atoms with E-state index < -0.39 is 17.8 Å². The summed E-state index contributed by atoms with van der Waals surface area (Å²) in [6.45, 7) is 1.12. The van der Waals surface area contributed by atoms with Crippen LogP contribution in [0.1, 0.15) is 74.5 Å². The van der Waals surface area contributed by atoms with Crippen molar-refractivity contribution < 1.29 is 37.0 Å². The molecule has 7 nitrogen and oxygen atoms in total. The van der Waals surface area contributed by atoms with Crippen molar-refractivity contribution in [3.8, 4) is 5.75 Å². The lowest BCUT2D eigenvalue weighted by atomic mass is 10.1. The molecule has 0 bridgehead atoms. The normalized spacial score (nSPS) is 20.7. The minimum Gasteiger partial charge on any atom is -0.494 e. The van der Waals surface area contributed by atoms with Gasteiger partial charge >= 0.3 is 18.2 Å². The van der Waals surface area contributed by atoms with Crippen molar-refractivity contribution in [2.24, 2.45) is 0 Å². The predicted molar refractivity (Wildman–Crippen MR) is 155 cm³/mol. The molecule has 2 unspecified atom stereocenters. The van der Waals surface area contributed by atoms with Gasteiger partial charge in [0.15, 0.2) is 6.10 Å². The molecule has 3 fully saturated rings. The minimum atomic E-state index is -4.39. The zero-order valence-corrected chi connectivity index (χ0v) is 24.7. The summed E-state index contributed by atoms with van der Waals surface area (Å²) in [4.78, 5) is 29.1. The van der Waals surface area contributed by atoms with E-state index in [1.54, 1.807) is 16.8 Å². The van der Waals surface area contributed by atoms with E-state index in [2.05, 4.69) is 0 Å². The molecule has 3 aliphatic rings. The van der Waals surface area contributed by atoms with Gasteiger partial charge in [-0.25, -0.2) is 9.59 Å². The standard InChI is InChI=1S/C33H41F3N2O5/c1-37-26(22-38(32(37)40)21-24-10-14-25(15-11-24)33(34,35)36)18-19-41-27-16-12-23(13-17-27)20-30(42-28-6-2-3-7-28)31(39)43-29-8-4-5-9-29/h10-17,26,28-30H,2-9,18-22H2,1H3. The molecule has 2 aromatic rings. The van der Waals surface area contributed by atoms with Crippen LogP contribution in [0.2, 0.25) is 0 Å². The van der Waals surface area contributed by atoms with Crippen LogP contribution < -0.4 is 4.74 Å². The number of nitrogens with zero attached hydrogens (tertiary/aromatic N) is 2. The molecule has 2 saturated carbocycles. The quantitative estimate of drug-likeness (QED) is 0.251. The Morgan fingerprint density at radius 3 is 2.14 bits per heavy atom. The average molecular weight is 603 g/mol. The fourth-order valence-electron chi connectivity index (χ4n) is 6.21. The number of carbonyl (C=O) groups excluding carboxylic acids is 2. The fraction of sp³-hybridized carbons (Fsp3) is 0.576. The second kappa shape index (κ2) is 14.0. The smallest absolute Gasteiger partial charge is 0.416 e. The zero-order valence-electron chi connectivity index (χ0n) is 24.7. The first kappa shape index (κ1) is 31.2. The Hall–Kier alpha value is -3.27. The van der Waals surface area contributed by atoms with E-state index in [0.29, 0.717) is 37.3 Å². The van der Waals surface area contributed by atoms with Gasteiger partial charge in [-0.2, -0.15) is 13.2 Å². The van der Waals surface area contributed by atoms with Gasteiger partial charge in [0.2, 0.25) is 0 Å². The number of rotatable bonds is 12. The van der Waals surface area contributed by atoms with E-state index in [0.717, 1.165) is 69.1 Å². The van der Waals surface area contributed by atoms with Crippen LogP contribution in [-0.4, -0.2) is 66.4 Å². The molecule has 10 heteroatoms. The molecule has 5 rings (SSSR count). The summed E-state index contributed by atoms with van der Waals surface area (Å²) in [5.74, 6) is 0.431.